The molecule has 0 spiro atoms. The number of hydrogen-bond acceptors (Lipinski definition) is 3. The summed E-state index contributed by atoms with van der Waals surface area (Å²) >= 11 is 0. The van der Waals surface area contributed by atoms with Crippen molar-refractivity contribution in [2.24, 2.45) is 0 Å². The minimum absolute atomic E-state index is 0.00991. The maximum absolute atomic E-state index is 11.8. The lowest BCUT2D eigenvalue weighted by atomic mass is 10.2. The van der Waals surface area contributed by atoms with Crippen molar-refractivity contribution in [3.05, 3.63) is 11.4 Å². The van der Waals surface area contributed by atoms with Crippen LogP contribution in [0.1, 0.15) is 38.1 Å². The molecular formula is C12H22N4O. The van der Waals surface area contributed by atoms with E-state index in [1.165, 1.54) is 0 Å². The first kappa shape index (κ1) is 13.5. The first-order valence-corrected chi connectivity index (χ1v) is 6.08. The molecule has 0 aliphatic rings. The molecule has 0 aliphatic heterocycles. The van der Waals surface area contributed by atoms with Crippen LogP contribution in [0.4, 0.5) is 5.69 Å². The predicted molar refractivity (Wildman–Crippen MR) is 68.6 cm³/mol. The summed E-state index contributed by atoms with van der Waals surface area (Å²) in [6.45, 7) is 8.09. The summed E-state index contributed by atoms with van der Waals surface area (Å²) in [7, 11) is 0. The van der Waals surface area contributed by atoms with Gasteiger partial charge in [-0.2, -0.15) is 5.10 Å². The third-order valence-corrected chi connectivity index (χ3v) is 3.08. The lowest BCUT2D eigenvalue weighted by Gasteiger charge is -2.14. The van der Waals surface area contributed by atoms with Gasteiger partial charge >= 0.3 is 0 Å². The molecule has 1 rings (SSSR count). The van der Waals surface area contributed by atoms with Gasteiger partial charge in [-0.15, -0.1) is 0 Å². The molecule has 0 saturated heterocycles. The molecule has 1 amide bonds. The minimum Gasteiger partial charge on any atom is -0.396 e. The van der Waals surface area contributed by atoms with E-state index in [-0.39, 0.29) is 18.5 Å². The fraction of sp³-hybridized carbons (Fsp3) is 0.667. The number of amides is 1. The predicted octanol–water partition coefficient (Wildman–Crippen LogP) is 1.39. The van der Waals surface area contributed by atoms with Crippen LogP contribution < -0.4 is 11.1 Å². The summed E-state index contributed by atoms with van der Waals surface area (Å²) in [5, 5.41) is 7.22. The van der Waals surface area contributed by atoms with Crippen molar-refractivity contribution in [3.63, 3.8) is 0 Å². The molecule has 1 heterocycles. The Labute approximate surface area is 102 Å². The third kappa shape index (κ3) is 3.22. The van der Waals surface area contributed by atoms with Crippen LogP contribution in [0.25, 0.3) is 0 Å². The summed E-state index contributed by atoms with van der Waals surface area (Å²) in [6, 6.07) is 0.247. The number of aryl methyl sites for hydroxylation is 1. The van der Waals surface area contributed by atoms with Gasteiger partial charge in [0, 0.05) is 6.04 Å². The van der Waals surface area contributed by atoms with Gasteiger partial charge in [-0.05, 0) is 26.7 Å². The molecule has 1 aromatic heterocycles. The molecule has 5 heteroatoms. The number of hydrogen-bond donors (Lipinski definition) is 2. The Morgan fingerprint density at radius 1 is 1.41 bits per heavy atom. The smallest absolute Gasteiger partial charge is 0.241 e. The fourth-order valence-electron chi connectivity index (χ4n) is 1.77. The summed E-state index contributed by atoms with van der Waals surface area (Å²) in [5.41, 5.74) is 8.11. The Morgan fingerprint density at radius 3 is 2.41 bits per heavy atom. The number of rotatable bonds is 5. The molecule has 0 bridgehead atoms. The lowest BCUT2D eigenvalue weighted by Crippen LogP contribution is -2.36. The van der Waals surface area contributed by atoms with E-state index in [0.29, 0.717) is 5.69 Å². The normalized spacial score (nSPS) is 10.9. The topological polar surface area (TPSA) is 72.9 Å². The van der Waals surface area contributed by atoms with E-state index >= 15 is 0 Å². The van der Waals surface area contributed by atoms with Crippen LogP contribution in [0, 0.1) is 13.8 Å². The summed E-state index contributed by atoms with van der Waals surface area (Å²) in [5.74, 6) is -0.00991. The fourth-order valence-corrected chi connectivity index (χ4v) is 1.77. The second kappa shape index (κ2) is 5.70. The average Bonchev–Trinajstić information content (AvgIpc) is 2.54. The van der Waals surface area contributed by atoms with Crippen LogP contribution in [-0.2, 0) is 11.3 Å². The maximum Gasteiger partial charge on any atom is 0.241 e. The van der Waals surface area contributed by atoms with Crippen molar-refractivity contribution >= 4 is 11.6 Å². The number of anilines is 1. The van der Waals surface area contributed by atoms with Crippen LogP contribution in [0.5, 0.6) is 0 Å². The number of nitrogens with two attached hydrogens (primary N) is 1. The van der Waals surface area contributed by atoms with Crippen molar-refractivity contribution in [1.29, 1.82) is 0 Å². The number of aromatic nitrogens is 2. The van der Waals surface area contributed by atoms with Gasteiger partial charge in [-0.3, -0.25) is 9.48 Å². The van der Waals surface area contributed by atoms with Crippen LogP contribution in [0.3, 0.4) is 0 Å². The highest BCUT2D eigenvalue weighted by Gasteiger charge is 2.13. The minimum atomic E-state index is -0.00991. The number of nitrogens with one attached hydrogen (secondary N) is 1. The van der Waals surface area contributed by atoms with Gasteiger partial charge in [0.2, 0.25) is 5.91 Å². The molecule has 0 radical (unpaired) electrons. The molecule has 0 unspecified atom stereocenters. The molecule has 0 atom stereocenters. The largest absolute Gasteiger partial charge is 0.396 e. The number of nitrogens with zero attached hydrogens (tertiary/aromatic N) is 2. The Balaban J connectivity index is 2.65. The van der Waals surface area contributed by atoms with E-state index in [1.807, 2.05) is 13.8 Å². The maximum atomic E-state index is 11.8. The van der Waals surface area contributed by atoms with Crippen LogP contribution in [0.2, 0.25) is 0 Å². The molecule has 0 aromatic carbocycles. The SMILES string of the molecule is CCC(CC)NC(=O)Cn1nc(C)c(N)c1C. The standard InChI is InChI=1S/C12H22N4O/c1-5-10(6-2)14-11(17)7-16-9(4)12(13)8(3)15-16/h10H,5-7,13H2,1-4H3,(H,14,17). The number of carbonyl (C=O) groups excluding carboxylic acids is 1. The molecular weight excluding hydrogens is 216 g/mol. The van der Waals surface area contributed by atoms with Crippen molar-refractivity contribution in [3.8, 4) is 0 Å². The van der Waals surface area contributed by atoms with Crippen molar-refractivity contribution in [2.75, 3.05) is 5.73 Å². The first-order chi connectivity index (χ1) is 7.99. The zero-order valence-corrected chi connectivity index (χ0v) is 11.1. The summed E-state index contributed by atoms with van der Waals surface area (Å²) in [6.07, 6.45) is 1.89. The van der Waals surface area contributed by atoms with Crippen molar-refractivity contribution < 1.29 is 4.79 Å². The van der Waals surface area contributed by atoms with E-state index in [9.17, 15) is 4.79 Å². The molecule has 0 fully saturated rings. The Hall–Kier alpha value is -1.52. The van der Waals surface area contributed by atoms with Gasteiger partial charge < -0.3 is 11.1 Å². The molecule has 1 aromatic rings. The van der Waals surface area contributed by atoms with E-state index in [2.05, 4.69) is 24.3 Å². The monoisotopic (exact) mass is 238 g/mol. The van der Waals surface area contributed by atoms with Gasteiger partial charge in [0.25, 0.3) is 0 Å². The first-order valence-electron chi connectivity index (χ1n) is 6.08. The summed E-state index contributed by atoms with van der Waals surface area (Å²) in [4.78, 5) is 11.8. The molecule has 5 nitrogen and oxygen atoms in total. The highest BCUT2D eigenvalue weighted by Crippen LogP contribution is 2.14. The van der Waals surface area contributed by atoms with Crippen LogP contribution in [0.15, 0.2) is 0 Å². The molecule has 96 valence electrons. The van der Waals surface area contributed by atoms with E-state index in [1.54, 1.807) is 4.68 Å². The van der Waals surface area contributed by atoms with Crippen LogP contribution in [-0.4, -0.2) is 21.7 Å². The molecule has 0 aliphatic carbocycles. The zero-order valence-electron chi connectivity index (χ0n) is 11.1. The summed E-state index contributed by atoms with van der Waals surface area (Å²) < 4.78 is 1.66. The van der Waals surface area contributed by atoms with E-state index in [4.69, 9.17) is 5.73 Å². The number of carbonyl (C=O) groups is 1. The quantitative estimate of drug-likeness (QED) is 0.814. The van der Waals surface area contributed by atoms with Crippen LogP contribution >= 0.6 is 0 Å². The molecule has 0 saturated carbocycles. The second-order valence-electron chi connectivity index (χ2n) is 4.32. The van der Waals surface area contributed by atoms with Crippen molar-refractivity contribution in [1.82, 2.24) is 15.1 Å². The lowest BCUT2D eigenvalue weighted by molar-refractivity contribution is -0.122. The molecule has 3 N–H and O–H groups in total. The zero-order chi connectivity index (χ0) is 13.0. The molecule has 17 heavy (non-hydrogen) atoms. The van der Waals surface area contributed by atoms with Gasteiger partial charge in [-0.1, -0.05) is 13.8 Å². The Kier molecular flexibility index (Phi) is 4.54. The highest BCUT2D eigenvalue weighted by atomic mass is 16.2. The van der Waals surface area contributed by atoms with Gasteiger partial charge in [-0.25, -0.2) is 0 Å². The van der Waals surface area contributed by atoms with Gasteiger partial charge in [0.05, 0.1) is 17.1 Å². The second-order valence-corrected chi connectivity index (χ2v) is 4.32. The van der Waals surface area contributed by atoms with E-state index in [0.717, 1.165) is 24.2 Å². The average molecular weight is 238 g/mol. The van der Waals surface area contributed by atoms with Gasteiger partial charge in [0.15, 0.2) is 0 Å². The van der Waals surface area contributed by atoms with Crippen molar-refractivity contribution in [2.45, 2.75) is 53.1 Å². The highest BCUT2D eigenvalue weighted by molar-refractivity contribution is 5.76. The Morgan fingerprint density at radius 2 is 2.00 bits per heavy atom. The Bertz CT molecular complexity index is 393. The van der Waals surface area contributed by atoms with E-state index < -0.39 is 0 Å². The number of nitrogen functional groups attached to an aromatic ring is 1. The third-order valence-electron chi connectivity index (χ3n) is 3.08. The van der Waals surface area contributed by atoms with Gasteiger partial charge in [0.1, 0.15) is 6.54 Å².